The summed E-state index contributed by atoms with van der Waals surface area (Å²) < 4.78 is 0. The summed E-state index contributed by atoms with van der Waals surface area (Å²) in [5, 5.41) is 5.70. The lowest BCUT2D eigenvalue weighted by Crippen LogP contribution is -2.24. The molecule has 0 saturated carbocycles. The first-order chi connectivity index (χ1) is 8.40. The molecule has 2 aromatic heterocycles. The number of rotatable bonds is 6. The fraction of sp³-hybridized carbons (Fsp3) is 0.357. The van der Waals surface area contributed by atoms with Gasteiger partial charge in [0.1, 0.15) is 0 Å². The van der Waals surface area contributed by atoms with Crippen LogP contribution < -0.4 is 5.32 Å². The zero-order valence-corrected chi connectivity index (χ0v) is 10.9. The quantitative estimate of drug-likeness (QED) is 0.844. The van der Waals surface area contributed by atoms with Gasteiger partial charge in [-0.1, -0.05) is 19.1 Å². The van der Waals surface area contributed by atoms with Gasteiger partial charge < -0.3 is 5.32 Å². The first-order valence-corrected chi connectivity index (χ1v) is 6.95. The molecule has 1 N–H and O–H groups in total. The normalized spacial score (nSPS) is 12.5. The number of pyridine rings is 1. The summed E-state index contributed by atoms with van der Waals surface area (Å²) in [4.78, 5) is 5.86. The molecule has 17 heavy (non-hydrogen) atoms. The Kier molecular flexibility index (Phi) is 4.71. The molecule has 0 aliphatic rings. The largest absolute Gasteiger partial charge is 0.308 e. The van der Waals surface area contributed by atoms with E-state index in [1.54, 1.807) is 0 Å². The van der Waals surface area contributed by atoms with Gasteiger partial charge in [-0.3, -0.25) is 4.98 Å². The summed E-state index contributed by atoms with van der Waals surface area (Å²) >= 11 is 1.81. The minimum Gasteiger partial charge on any atom is -0.308 e. The average molecular weight is 246 g/mol. The summed E-state index contributed by atoms with van der Waals surface area (Å²) in [5.74, 6) is 0. The van der Waals surface area contributed by atoms with E-state index in [1.165, 1.54) is 4.88 Å². The van der Waals surface area contributed by atoms with Crippen LogP contribution in [0.4, 0.5) is 0 Å². The van der Waals surface area contributed by atoms with Crippen LogP contribution in [0.1, 0.15) is 30.0 Å². The predicted octanol–water partition coefficient (Wildman–Crippen LogP) is 3.43. The van der Waals surface area contributed by atoms with Gasteiger partial charge in [-0.15, -0.1) is 11.3 Å². The van der Waals surface area contributed by atoms with E-state index in [2.05, 4.69) is 46.9 Å². The van der Waals surface area contributed by atoms with Crippen LogP contribution in [0.25, 0.3) is 0 Å². The van der Waals surface area contributed by atoms with Crippen molar-refractivity contribution in [1.29, 1.82) is 0 Å². The fourth-order valence-electron chi connectivity index (χ4n) is 1.81. The third-order valence-electron chi connectivity index (χ3n) is 2.67. The molecule has 1 unspecified atom stereocenters. The Morgan fingerprint density at radius 3 is 2.88 bits per heavy atom. The lowest BCUT2D eigenvalue weighted by atomic mass is 10.1. The highest BCUT2D eigenvalue weighted by molar-refractivity contribution is 7.09. The van der Waals surface area contributed by atoms with Gasteiger partial charge in [0.05, 0.1) is 11.7 Å². The monoisotopic (exact) mass is 246 g/mol. The third-order valence-corrected chi connectivity index (χ3v) is 3.57. The van der Waals surface area contributed by atoms with Crippen molar-refractivity contribution in [3.8, 4) is 0 Å². The molecule has 0 amide bonds. The average Bonchev–Trinajstić information content (AvgIpc) is 2.88. The Morgan fingerprint density at radius 2 is 2.24 bits per heavy atom. The Hall–Kier alpha value is -1.19. The second-order valence-corrected chi connectivity index (χ2v) is 5.08. The molecule has 0 spiro atoms. The van der Waals surface area contributed by atoms with E-state index in [0.29, 0.717) is 6.04 Å². The first-order valence-electron chi connectivity index (χ1n) is 6.07. The number of hydrogen-bond acceptors (Lipinski definition) is 3. The standard InChI is InChI=1S/C14H18N2S/c1-2-8-15-14(11-12-6-5-10-17-12)13-7-3-4-9-16-13/h3-7,9-10,14-15H,2,8,11H2,1H3. The van der Waals surface area contributed by atoms with Crippen molar-refractivity contribution in [3.05, 3.63) is 52.5 Å². The van der Waals surface area contributed by atoms with Gasteiger partial charge in [-0.2, -0.15) is 0 Å². The molecular formula is C14H18N2S. The SMILES string of the molecule is CCCNC(Cc1cccs1)c1ccccn1. The Bertz CT molecular complexity index is 411. The van der Waals surface area contributed by atoms with Crippen molar-refractivity contribution in [2.75, 3.05) is 6.54 Å². The number of thiophene rings is 1. The second-order valence-electron chi connectivity index (χ2n) is 4.04. The summed E-state index contributed by atoms with van der Waals surface area (Å²) in [7, 11) is 0. The van der Waals surface area contributed by atoms with Crippen molar-refractivity contribution >= 4 is 11.3 Å². The van der Waals surface area contributed by atoms with Crippen molar-refractivity contribution < 1.29 is 0 Å². The summed E-state index contributed by atoms with van der Waals surface area (Å²) in [6, 6.07) is 10.7. The summed E-state index contributed by atoms with van der Waals surface area (Å²) in [5.41, 5.74) is 1.13. The summed E-state index contributed by atoms with van der Waals surface area (Å²) in [6.45, 7) is 3.22. The number of nitrogens with zero attached hydrogens (tertiary/aromatic N) is 1. The van der Waals surface area contributed by atoms with E-state index in [1.807, 2.05) is 23.6 Å². The second kappa shape index (κ2) is 6.52. The van der Waals surface area contributed by atoms with Gasteiger partial charge in [-0.25, -0.2) is 0 Å². The van der Waals surface area contributed by atoms with Gasteiger partial charge in [0.25, 0.3) is 0 Å². The molecule has 2 nitrogen and oxygen atoms in total. The topological polar surface area (TPSA) is 24.9 Å². The maximum atomic E-state index is 4.45. The maximum Gasteiger partial charge on any atom is 0.0576 e. The van der Waals surface area contributed by atoms with Crippen LogP contribution in [0.3, 0.4) is 0 Å². The van der Waals surface area contributed by atoms with E-state index in [9.17, 15) is 0 Å². The fourth-order valence-corrected chi connectivity index (χ4v) is 2.56. The van der Waals surface area contributed by atoms with Gasteiger partial charge >= 0.3 is 0 Å². The molecular weight excluding hydrogens is 228 g/mol. The van der Waals surface area contributed by atoms with Crippen LogP contribution in [-0.4, -0.2) is 11.5 Å². The maximum absolute atomic E-state index is 4.45. The minimum atomic E-state index is 0.329. The molecule has 0 aromatic carbocycles. The van der Waals surface area contributed by atoms with Crippen LogP contribution in [0.2, 0.25) is 0 Å². The van der Waals surface area contributed by atoms with Crippen molar-refractivity contribution in [2.24, 2.45) is 0 Å². The Labute approximate surface area is 107 Å². The van der Waals surface area contributed by atoms with E-state index in [0.717, 1.165) is 25.1 Å². The molecule has 0 bridgehead atoms. The molecule has 3 heteroatoms. The molecule has 0 saturated heterocycles. The molecule has 0 radical (unpaired) electrons. The van der Waals surface area contributed by atoms with E-state index < -0.39 is 0 Å². The van der Waals surface area contributed by atoms with Crippen LogP contribution >= 0.6 is 11.3 Å². The molecule has 1 atom stereocenters. The third kappa shape index (κ3) is 3.65. The zero-order valence-electron chi connectivity index (χ0n) is 10.1. The molecule has 2 aromatic rings. The number of nitrogens with one attached hydrogen (secondary N) is 1. The van der Waals surface area contributed by atoms with Crippen LogP contribution in [0, 0.1) is 0 Å². The first kappa shape index (κ1) is 12.3. The smallest absolute Gasteiger partial charge is 0.0576 e. The Morgan fingerprint density at radius 1 is 1.29 bits per heavy atom. The molecule has 2 rings (SSSR count). The van der Waals surface area contributed by atoms with Crippen LogP contribution in [0.15, 0.2) is 41.9 Å². The highest BCUT2D eigenvalue weighted by Gasteiger charge is 2.12. The zero-order chi connectivity index (χ0) is 11.9. The highest BCUT2D eigenvalue weighted by Crippen LogP contribution is 2.19. The predicted molar refractivity (Wildman–Crippen MR) is 73.3 cm³/mol. The van der Waals surface area contributed by atoms with Gasteiger partial charge in [-0.05, 0) is 36.5 Å². The van der Waals surface area contributed by atoms with Crippen molar-refractivity contribution in [2.45, 2.75) is 25.8 Å². The van der Waals surface area contributed by atoms with Gasteiger partial charge in [0, 0.05) is 17.5 Å². The Balaban J connectivity index is 2.08. The van der Waals surface area contributed by atoms with Crippen LogP contribution in [0.5, 0.6) is 0 Å². The van der Waals surface area contributed by atoms with E-state index in [-0.39, 0.29) is 0 Å². The van der Waals surface area contributed by atoms with Crippen LogP contribution in [-0.2, 0) is 6.42 Å². The number of aromatic nitrogens is 1. The molecule has 90 valence electrons. The minimum absolute atomic E-state index is 0.329. The highest BCUT2D eigenvalue weighted by atomic mass is 32.1. The van der Waals surface area contributed by atoms with Gasteiger partial charge in [0.15, 0.2) is 0 Å². The summed E-state index contributed by atoms with van der Waals surface area (Å²) in [6.07, 6.45) is 4.03. The molecule has 0 fully saturated rings. The molecule has 0 aliphatic carbocycles. The lowest BCUT2D eigenvalue weighted by molar-refractivity contribution is 0.521. The van der Waals surface area contributed by atoms with E-state index >= 15 is 0 Å². The molecule has 0 aliphatic heterocycles. The molecule has 2 heterocycles. The number of hydrogen-bond donors (Lipinski definition) is 1. The van der Waals surface area contributed by atoms with Gasteiger partial charge in [0.2, 0.25) is 0 Å². The van der Waals surface area contributed by atoms with E-state index in [4.69, 9.17) is 0 Å². The lowest BCUT2D eigenvalue weighted by Gasteiger charge is -2.17. The van der Waals surface area contributed by atoms with Crippen molar-refractivity contribution in [1.82, 2.24) is 10.3 Å². The van der Waals surface area contributed by atoms with Crippen molar-refractivity contribution in [3.63, 3.8) is 0 Å².